The maximum atomic E-state index is 12.4. The Hall–Kier alpha value is -0.960. The minimum atomic E-state index is -3.80. The third-order valence-corrected chi connectivity index (χ3v) is 5.59. The molecule has 0 saturated heterocycles. The van der Waals surface area contributed by atoms with Gasteiger partial charge in [-0.1, -0.05) is 0 Å². The Kier molecular flexibility index (Phi) is 5.31. The summed E-state index contributed by atoms with van der Waals surface area (Å²) in [6.07, 6.45) is 0. The Bertz CT molecular complexity index is 589. The van der Waals surface area contributed by atoms with Crippen LogP contribution in [0.25, 0.3) is 0 Å². The lowest BCUT2D eigenvalue weighted by Crippen LogP contribution is -2.40. The van der Waals surface area contributed by atoms with Gasteiger partial charge in [0.15, 0.2) is 0 Å². The highest BCUT2D eigenvalue weighted by Crippen LogP contribution is 2.27. The summed E-state index contributed by atoms with van der Waals surface area (Å²) < 4.78 is 36.9. The summed E-state index contributed by atoms with van der Waals surface area (Å²) >= 11 is 1.05. The summed E-state index contributed by atoms with van der Waals surface area (Å²) in [5.41, 5.74) is -0.124. The van der Waals surface area contributed by atoms with Crippen molar-refractivity contribution < 1.29 is 22.7 Å². The lowest BCUT2D eigenvalue weighted by molar-refractivity contribution is 0.0276. The number of aryl methyl sites for hydroxylation is 1. The molecular weight excluding hydrogens is 302 g/mol. The fraction of sp³-hybridized carbons (Fsp3) is 0.583. The van der Waals surface area contributed by atoms with Gasteiger partial charge in [0.2, 0.25) is 10.0 Å². The van der Waals surface area contributed by atoms with Gasteiger partial charge in [0, 0.05) is 13.7 Å². The number of thiophene rings is 1. The van der Waals surface area contributed by atoms with Crippen molar-refractivity contribution >= 4 is 27.3 Å². The van der Waals surface area contributed by atoms with Crippen molar-refractivity contribution in [2.45, 2.75) is 31.3 Å². The highest BCUT2D eigenvalue weighted by atomic mass is 32.2. The molecule has 20 heavy (non-hydrogen) atoms. The van der Waals surface area contributed by atoms with Crippen LogP contribution in [0.4, 0.5) is 0 Å². The average molecular weight is 321 g/mol. The standard InChI is InChI=1S/C12H19NO5S2/c1-8-6-19-9(11(14)17-4)10(8)20(15,16)13-7-12(2,3)18-5/h6,13H,7H2,1-5H3. The fourth-order valence-corrected chi connectivity index (χ4v) is 4.31. The quantitative estimate of drug-likeness (QED) is 0.804. The Morgan fingerprint density at radius 1 is 1.40 bits per heavy atom. The van der Waals surface area contributed by atoms with Gasteiger partial charge in [-0.3, -0.25) is 0 Å². The van der Waals surface area contributed by atoms with Crippen molar-refractivity contribution in [1.82, 2.24) is 4.72 Å². The number of ether oxygens (including phenoxy) is 2. The molecule has 0 aliphatic heterocycles. The van der Waals surface area contributed by atoms with E-state index in [0.717, 1.165) is 11.3 Å². The molecule has 0 unspecified atom stereocenters. The molecule has 0 amide bonds. The van der Waals surface area contributed by atoms with E-state index < -0.39 is 21.6 Å². The summed E-state index contributed by atoms with van der Waals surface area (Å²) in [7, 11) is -1.08. The summed E-state index contributed by atoms with van der Waals surface area (Å²) in [6.45, 7) is 5.26. The molecule has 0 aliphatic carbocycles. The SMILES string of the molecule is COC(=O)c1scc(C)c1S(=O)(=O)NCC(C)(C)OC. The lowest BCUT2D eigenvalue weighted by Gasteiger charge is -2.23. The molecule has 0 saturated carbocycles. The van der Waals surface area contributed by atoms with Crippen LogP contribution in [0.5, 0.6) is 0 Å². The number of esters is 1. The smallest absolute Gasteiger partial charge is 0.349 e. The summed E-state index contributed by atoms with van der Waals surface area (Å²) in [5, 5.41) is 1.61. The number of nitrogens with one attached hydrogen (secondary N) is 1. The normalized spacial score (nSPS) is 12.4. The second-order valence-corrected chi connectivity index (χ2v) is 7.44. The van der Waals surface area contributed by atoms with Crippen LogP contribution < -0.4 is 4.72 Å². The molecular formula is C12H19NO5S2. The van der Waals surface area contributed by atoms with Crippen molar-refractivity contribution in [3.05, 3.63) is 15.8 Å². The van der Waals surface area contributed by atoms with E-state index >= 15 is 0 Å². The first-order chi connectivity index (χ1) is 9.14. The van der Waals surface area contributed by atoms with Gasteiger partial charge >= 0.3 is 5.97 Å². The van der Waals surface area contributed by atoms with Crippen molar-refractivity contribution in [2.75, 3.05) is 20.8 Å². The van der Waals surface area contributed by atoms with Crippen LogP contribution in [-0.2, 0) is 19.5 Å². The number of carbonyl (C=O) groups is 1. The lowest BCUT2D eigenvalue weighted by atomic mass is 10.1. The fourth-order valence-electron chi connectivity index (χ4n) is 1.41. The van der Waals surface area contributed by atoms with Crippen molar-refractivity contribution in [2.24, 2.45) is 0 Å². The molecule has 1 rings (SSSR count). The van der Waals surface area contributed by atoms with E-state index in [1.54, 1.807) is 26.2 Å². The van der Waals surface area contributed by atoms with Gasteiger partial charge in [0.1, 0.15) is 9.77 Å². The van der Waals surface area contributed by atoms with Crippen LogP contribution in [0.3, 0.4) is 0 Å². The zero-order valence-electron chi connectivity index (χ0n) is 12.1. The molecule has 0 radical (unpaired) electrons. The van der Waals surface area contributed by atoms with E-state index in [1.165, 1.54) is 14.2 Å². The highest BCUT2D eigenvalue weighted by molar-refractivity contribution is 7.89. The predicted octanol–water partition coefficient (Wildman–Crippen LogP) is 1.55. The minimum Gasteiger partial charge on any atom is -0.465 e. The summed E-state index contributed by atoms with van der Waals surface area (Å²) in [6, 6.07) is 0. The molecule has 1 aromatic heterocycles. The van der Waals surface area contributed by atoms with E-state index in [-0.39, 0.29) is 16.3 Å². The van der Waals surface area contributed by atoms with Crippen molar-refractivity contribution in [1.29, 1.82) is 0 Å². The minimum absolute atomic E-state index is 0.0266. The van der Waals surface area contributed by atoms with Crippen LogP contribution >= 0.6 is 11.3 Å². The van der Waals surface area contributed by atoms with Gasteiger partial charge < -0.3 is 9.47 Å². The predicted molar refractivity (Wildman–Crippen MR) is 76.7 cm³/mol. The van der Waals surface area contributed by atoms with Gasteiger partial charge in [-0.05, 0) is 31.7 Å². The first-order valence-corrected chi connectivity index (χ1v) is 8.22. The Balaban J connectivity index is 3.10. The molecule has 1 heterocycles. The van der Waals surface area contributed by atoms with E-state index in [4.69, 9.17) is 4.74 Å². The van der Waals surface area contributed by atoms with Crippen LogP contribution in [0.2, 0.25) is 0 Å². The van der Waals surface area contributed by atoms with Crippen LogP contribution in [0.15, 0.2) is 10.3 Å². The number of carbonyl (C=O) groups excluding carboxylic acids is 1. The van der Waals surface area contributed by atoms with Crippen LogP contribution in [-0.4, -0.2) is 40.8 Å². The molecule has 0 bridgehead atoms. The van der Waals surface area contributed by atoms with Crippen LogP contribution in [0, 0.1) is 6.92 Å². The monoisotopic (exact) mass is 321 g/mol. The molecule has 1 aromatic rings. The summed E-state index contributed by atoms with van der Waals surface area (Å²) in [4.78, 5) is 11.7. The maximum absolute atomic E-state index is 12.4. The third-order valence-electron chi connectivity index (χ3n) is 2.80. The highest BCUT2D eigenvalue weighted by Gasteiger charge is 2.29. The molecule has 0 aliphatic rings. The third kappa shape index (κ3) is 3.78. The average Bonchev–Trinajstić information content (AvgIpc) is 2.78. The maximum Gasteiger partial charge on any atom is 0.349 e. The van der Waals surface area contributed by atoms with Gasteiger partial charge in [-0.25, -0.2) is 17.9 Å². The summed E-state index contributed by atoms with van der Waals surface area (Å²) in [5.74, 6) is -0.658. The number of sulfonamides is 1. The second-order valence-electron chi connectivity index (χ2n) is 4.86. The van der Waals surface area contributed by atoms with E-state index in [2.05, 4.69) is 9.46 Å². The Morgan fingerprint density at radius 3 is 2.50 bits per heavy atom. The van der Waals surface area contributed by atoms with Crippen LogP contribution in [0.1, 0.15) is 29.1 Å². The van der Waals surface area contributed by atoms with Gasteiger partial charge in [-0.15, -0.1) is 11.3 Å². The molecule has 0 fully saturated rings. The topological polar surface area (TPSA) is 81.7 Å². The van der Waals surface area contributed by atoms with Gasteiger partial charge in [0.05, 0.1) is 12.7 Å². The number of methoxy groups -OCH3 is 2. The zero-order chi connectivity index (χ0) is 15.6. The van der Waals surface area contributed by atoms with Crippen molar-refractivity contribution in [3.63, 3.8) is 0 Å². The van der Waals surface area contributed by atoms with Gasteiger partial charge in [0.25, 0.3) is 0 Å². The van der Waals surface area contributed by atoms with Crippen molar-refractivity contribution in [3.8, 4) is 0 Å². The molecule has 8 heteroatoms. The molecule has 0 aromatic carbocycles. The number of hydrogen-bond acceptors (Lipinski definition) is 6. The molecule has 0 atom stereocenters. The molecule has 114 valence electrons. The first-order valence-electron chi connectivity index (χ1n) is 5.86. The first kappa shape index (κ1) is 17.1. The molecule has 0 spiro atoms. The number of hydrogen-bond donors (Lipinski definition) is 1. The zero-order valence-corrected chi connectivity index (χ0v) is 13.8. The van der Waals surface area contributed by atoms with E-state index in [0.29, 0.717) is 5.56 Å². The largest absolute Gasteiger partial charge is 0.465 e. The van der Waals surface area contributed by atoms with E-state index in [1.807, 2.05) is 0 Å². The Labute approximate surface area is 123 Å². The number of rotatable bonds is 6. The van der Waals surface area contributed by atoms with E-state index in [9.17, 15) is 13.2 Å². The molecule has 6 nitrogen and oxygen atoms in total. The Morgan fingerprint density at radius 2 is 2.00 bits per heavy atom. The second kappa shape index (κ2) is 6.21. The van der Waals surface area contributed by atoms with Gasteiger partial charge in [-0.2, -0.15) is 0 Å². The molecule has 1 N–H and O–H groups in total.